The second kappa shape index (κ2) is 7.27. The highest BCUT2D eigenvalue weighted by atomic mass is 79.9. The normalized spacial score (nSPS) is 12.6. The highest BCUT2D eigenvalue weighted by Crippen LogP contribution is 2.36. The third-order valence-electron chi connectivity index (χ3n) is 3.61. The first-order valence-electron chi connectivity index (χ1n) is 7.56. The topological polar surface area (TPSA) is 64.1 Å². The van der Waals surface area contributed by atoms with Crippen LogP contribution in [0.25, 0.3) is 11.1 Å². The molecule has 0 aliphatic heterocycles. The second-order valence-corrected chi connectivity index (χ2v) is 6.96. The Bertz CT molecular complexity index is 930. The molecule has 3 N–H and O–H groups in total. The molecule has 1 aromatic carbocycles. The molecule has 3 rings (SSSR count). The van der Waals surface area contributed by atoms with Crippen molar-refractivity contribution in [3.63, 3.8) is 0 Å². The van der Waals surface area contributed by atoms with Gasteiger partial charge in [-0.25, -0.2) is 13.8 Å². The van der Waals surface area contributed by atoms with Crippen molar-refractivity contribution in [2.45, 2.75) is 25.9 Å². The predicted octanol–water partition coefficient (Wildman–Crippen LogP) is 5.02. The summed E-state index contributed by atoms with van der Waals surface area (Å²) in [5, 5.41) is 3.33. The molecule has 3 aromatic rings. The molecule has 0 aliphatic rings. The molecule has 132 valence electrons. The molecule has 4 nitrogen and oxygen atoms in total. The number of anilines is 1. The van der Waals surface area contributed by atoms with Crippen LogP contribution in [-0.4, -0.2) is 11.0 Å². The predicted molar refractivity (Wildman–Crippen MR) is 97.8 cm³/mol. The van der Waals surface area contributed by atoms with Gasteiger partial charge in [-0.2, -0.15) is 0 Å². The Kier molecular flexibility index (Phi) is 5.27. The molecule has 0 spiro atoms. The lowest BCUT2D eigenvalue weighted by Gasteiger charge is -2.08. The van der Waals surface area contributed by atoms with Crippen LogP contribution in [0.2, 0.25) is 5.15 Å². The number of furan rings is 1. The Hall–Kier alpha value is -1.70. The number of benzene rings is 1. The molecule has 0 amide bonds. The molecule has 0 aliphatic carbocycles. The molecule has 0 saturated carbocycles. The number of halogens is 4. The summed E-state index contributed by atoms with van der Waals surface area (Å²) in [6.45, 7) is 2.01. The fourth-order valence-corrected chi connectivity index (χ4v) is 3.17. The molecule has 2 heterocycles. The third kappa shape index (κ3) is 3.94. The molecular weight excluding hydrogens is 416 g/mol. The van der Waals surface area contributed by atoms with Crippen molar-refractivity contribution in [2.75, 3.05) is 5.32 Å². The standard InChI is InChI=1S/C17H15BrClF2N3O/c1-8(22)4-13-15(18)16-17(25-13)12(6-14(19)24-16)23-7-9-2-3-10(20)5-11(9)21/h2-3,5-6,8H,4,7,22H2,1H3,(H,23,24)/t8-/m0/s1. The van der Waals surface area contributed by atoms with E-state index in [1.165, 1.54) is 12.1 Å². The Balaban J connectivity index is 1.95. The van der Waals surface area contributed by atoms with Gasteiger partial charge in [-0.15, -0.1) is 0 Å². The first kappa shape index (κ1) is 18.1. The lowest BCUT2D eigenvalue weighted by Crippen LogP contribution is -2.17. The number of aromatic nitrogens is 1. The van der Waals surface area contributed by atoms with Crippen molar-refractivity contribution in [2.24, 2.45) is 5.73 Å². The number of pyridine rings is 1. The quantitative estimate of drug-likeness (QED) is 0.558. The summed E-state index contributed by atoms with van der Waals surface area (Å²) in [6, 6.07) is 4.95. The van der Waals surface area contributed by atoms with Gasteiger partial charge in [-0.1, -0.05) is 17.7 Å². The lowest BCUT2D eigenvalue weighted by atomic mass is 10.2. The Labute approximate surface area is 156 Å². The van der Waals surface area contributed by atoms with Crippen LogP contribution in [-0.2, 0) is 13.0 Å². The second-order valence-electron chi connectivity index (χ2n) is 5.78. The van der Waals surface area contributed by atoms with Gasteiger partial charge >= 0.3 is 0 Å². The number of hydrogen-bond donors (Lipinski definition) is 2. The van der Waals surface area contributed by atoms with Gasteiger partial charge in [-0.05, 0) is 28.9 Å². The van der Waals surface area contributed by atoms with E-state index >= 15 is 0 Å². The van der Waals surface area contributed by atoms with Crippen molar-refractivity contribution in [1.82, 2.24) is 4.98 Å². The Morgan fingerprint density at radius 1 is 1.36 bits per heavy atom. The average molecular weight is 431 g/mol. The van der Waals surface area contributed by atoms with E-state index in [2.05, 4.69) is 26.2 Å². The first-order chi connectivity index (χ1) is 11.8. The summed E-state index contributed by atoms with van der Waals surface area (Å²) < 4.78 is 33.4. The van der Waals surface area contributed by atoms with Crippen LogP contribution in [0.3, 0.4) is 0 Å². The van der Waals surface area contributed by atoms with E-state index in [9.17, 15) is 8.78 Å². The molecule has 2 aromatic heterocycles. The number of nitrogens with zero attached hydrogens (tertiary/aromatic N) is 1. The van der Waals surface area contributed by atoms with Crippen molar-refractivity contribution in [3.05, 3.63) is 56.8 Å². The number of hydrogen-bond acceptors (Lipinski definition) is 4. The zero-order valence-corrected chi connectivity index (χ0v) is 15.6. The molecule has 0 saturated heterocycles. The van der Waals surface area contributed by atoms with Gasteiger partial charge in [0.15, 0.2) is 5.58 Å². The minimum atomic E-state index is -0.623. The van der Waals surface area contributed by atoms with Crippen LogP contribution in [0.4, 0.5) is 14.5 Å². The van der Waals surface area contributed by atoms with Crippen LogP contribution in [0.5, 0.6) is 0 Å². The van der Waals surface area contributed by atoms with Crippen LogP contribution in [0.1, 0.15) is 18.2 Å². The summed E-state index contributed by atoms with van der Waals surface area (Å²) in [7, 11) is 0. The minimum absolute atomic E-state index is 0.0861. The Morgan fingerprint density at radius 2 is 2.12 bits per heavy atom. The first-order valence-corrected chi connectivity index (χ1v) is 8.73. The van der Waals surface area contributed by atoms with Crippen molar-refractivity contribution in [1.29, 1.82) is 0 Å². The maximum Gasteiger partial charge on any atom is 0.177 e. The molecule has 0 bridgehead atoms. The fourth-order valence-electron chi connectivity index (χ4n) is 2.46. The molecule has 25 heavy (non-hydrogen) atoms. The van der Waals surface area contributed by atoms with Gasteiger partial charge in [0.2, 0.25) is 0 Å². The smallest absolute Gasteiger partial charge is 0.177 e. The van der Waals surface area contributed by atoms with Crippen LogP contribution in [0.15, 0.2) is 33.2 Å². The van der Waals surface area contributed by atoms with Gasteiger partial charge in [0.05, 0.1) is 10.2 Å². The van der Waals surface area contributed by atoms with Crippen LogP contribution < -0.4 is 11.1 Å². The average Bonchev–Trinajstić information content (AvgIpc) is 2.82. The zero-order chi connectivity index (χ0) is 18.1. The number of nitrogens with two attached hydrogens (primary N) is 1. The van der Waals surface area contributed by atoms with E-state index in [4.69, 9.17) is 21.8 Å². The number of rotatable bonds is 5. The van der Waals surface area contributed by atoms with Crippen molar-refractivity contribution >= 4 is 44.3 Å². The summed E-state index contributed by atoms with van der Waals surface area (Å²) in [6.07, 6.45) is 0.528. The molecule has 8 heteroatoms. The summed E-state index contributed by atoms with van der Waals surface area (Å²) in [5.74, 6) is -0.580. The number of fused-ring (bicyclic) bond motifs is 1. The SMILES string of the molecule is C[C@H](N)Cc1oc2c(NCc3ccc(F)cc3F)cc(Cl)nc2c1Br. The highest BCUT2D eigenvalue weighted by Gasteiger charge is 2.18. The Morgan fingerprint density at radius 3 is 2.80 bits per heavy atom. The maximum absolute atomic E-state index is 13.8. The summed E-state index contributed by atoms with van der Waals surface area (Å²) in [5.41, 5.74) is 7.77. The summed E-state index contributed by atoms with van der Waals surface area (Å²) >= 11 is 9.55. The fraction of sp³-hybridized carbons (Fsp3) is 0.235. The third-order valence-corrected chi connectivity index (χ3v) is 4.62. The van der Waals surface area contributed by atoms with Crippen molar-refractivity contribution in [3.8, 4) is 0 Å². The van der Waals surface area contributed by atoms with Gasteiger partial charge in [0, 0.05) is 36.7 Å². The van der Waals surface area contributed by atoms with E-state index in [0.29, 0.717) is 39.0 Å². The van der Waals surface area contributed by atoms with Gasteiger partial charge in [0.1, 0.15) is 28.1 Å². The van der Waals surface area contributed by atoms with Crippen LogP contribution >= 0.6 is 27.5 Å². The van der Waals surface area contributed by atoms with E-state index in [1.807, 2.05) is 6.92 Å². The largest absolute Gasteiger partial charge is 0.456 e. The van der Waals surface area contributed by atoms with E-state index in [-0.39, 0.29) is 17.7 Å². The van der Waals surface area contributed by atoms with Gasteiger partial charge in [0.25, 0.3) is 0 Å². The van der Waals surface area contributed by atoms with E-state index in [0.717, 1.165) is 6.07 Å². The van der Waals surface area contributed by atoms with E-state index in [1.54, 1.807) is 6.07 Å². The molecule has 0 unspecified atom stereocenters. The minimum Gasteiger partial charge on any atom is -0.456 e. The summed E-state index contributed by atoms with van der Waals surface area (Å²) in [4.78, 5) is 4.27. The molecule has 1 atom stereocenters. The molecular formula is C17H15BrClF2N3O. The van der Waals surface area contributed by atoms with E-state index < -0.39 is 11.6 Å². The van der Waals surface area contributed by atoms with Crippen molar-refractivity contribution < 1.29 is 13.2 Å². The molecule has 0 radical (unpaired) electrons. The van der Waals surface area contributed by atoms with Gasteiger partial charge in [-0.3, -0.25) is 0 Å². The number of nitrogens with one attached hydrogen (secondary N) is 1. The lowest BCUT2D eigenvalue weighted by molar-refractivity contribution is 0.523. The molecule has 0 fully saturated rings. The highest BCUT2D eigenvalue weighted by molar-refractivity contribution is 9.10. The zero-order valence-electron chi connectivity index (χ0n) is 13.2. The van der Waals surface area contributed by atoms with Gasteiger partial charge < -0.3 is 15.5 Å². The van der Waals surface area contributed by atoms with Crippen LogP contribution in [0, 0.1) is 11.6 Å². The maximum atomic E-state index is 13.8. The monoisotopic (exact) mass is 429 g/mol.